The lowest BCUT2D eigenvalue weighted by atomic mass is 9.90. The Labute approximate surface area is 115 Å². The molecule has 2 rings (SSSR count). The second-order valence-corrected chi connectivity index (χ2v) is 6.09. The molecule has 19 heavy (non-hydrogen) atoms. The second-order valence-electron chi connectivity index (χ2n) is 4.95. The summed E-state index contributed by atoms with van der Waals surface area (Å²) in [6.07, 6.45) is 3.08. The van der Waals surface area contributed by atoms with Crippen LogP contribution in [0.1, 0.15) is 33.5 Å². The molecule has 0 bridgehead atoms. The number of carboxylic acids is 1. The van der Waals surface area contributed by atoms with Crippen LogP contribution in [0.2, 0.25) is 0 Å². The van der Waals surface area contributed by atoms with Crippen LogP contribution in [0.3, 0.4) is 0 Å². The van der Waals surface area contributed by atoms with Gasteiger partial charge in [-0.3, -0.25) is 4.79 Å². The molecular weight excluding hydrogens is 266 g/mol. The van der Waals surface area contributed by atoms with E-state index in [1.54, 1.807) is 0 Å². The lowest BCUT2D eigenvalue weighted by Gasteiger charge is -2.16. The van der Waals surface area contributed by atoms with Gasteiger partial charge in [-0.2, -0.15) is 0 Å². The molecule has 5 nitrogen and oxygen atoms in total. The number of aliphatic hydroxyl groups excluding tert-OH is 1. The summed E-state index contributed by atoms with van der Waals surface area (Å²) in [4.78, 5) is 24.5. The van der Waals surface area contributed by atoms with E-state index in [1.165, 1.54) is 21.8 Å². The average molecular weight is 283 g/mol. The highest BCUT2D eigenvalue weighted by Gasteiger charge is 2.24. The SMILES string of the molecule is CC1CCc2sc(C(=O)N[C@H](CO)C(=O)O)cc2C1. The average Bonchev–Trinajstić information content (AvgIpc) is 2.78. The maximum absolute atomic E-state index is 11.9. The first-order valence-corrected chi connectivity index (χ1v) is 7.09. The van der Waals surface area contributed by atoms with E-state index >= 15 is 0 Å². The van der Waals surface area contributed by atoms with E-state index < -0.39 is 24.5 Å². The van der Waals surface area contributed by atoms with Gasteiger partial charge < -0.3 is 15.5 Å². The summed E-state index contributed by atoms with van der Waals surface area (Å²) in [7, 11) is 0. The van der Waals surface area contributed by atoms with Crippen LogP contribution >= 0.6 is 11.3 Å². The normalized spacial score (nSPS) is 19.6. The van der Waals surface area contributed by atoms with Crippen LogP contribution in [0.4, 0.5) is 0 Å². The first kappa shape index (κ1) is 14.0. The molecule has 6 heteroatoms. The molecule has 1 unspecified atom stereocenters. The van der Waals surface area contributed by atoms with Crippen LogP contribution in [0.25, 0.3) is 0 Å². The minimum Gasteiger partial charge on any atom is -0.480 e. The van der Waals surface area contributed by atoms with Gasteiger partial charge in [-0.15, -0.1) is 11.3 Å². The summed E-state index contributed by atoms with van der Waals surface area (Å²) in [5.41, 5.74) is 1.20. The van der Waals surface area contributed by atoms with Crippen molar-refractivity contribution in [1.82, 2.24) is 5.32 Å². The summed E-state index contributed by atoms with van der Waals surface area (Å²) in [5, 5.41) is 20.0. The van der Waals surface area contributed by atoms with Gasteiger partial charge in [0.1, 0.15) is 0 Å². The zero-order valence-corrected chi connectivity index (χ0v) is 11.5. The minimum atomic E-state index is -1.24. The molecule has 3 N–H and O–H groups in total. The van der Waals surface area contributed by atoms with Gasteiger partial charge in [0.15, 0.2) is 6.04 Å². The Morgan fingerprint density at radius 3 is 2.95 bits per heavy atom. The van der Waals surface area contributed by atoms with Crippen molar-refractivity contribution in [2.75, 3.05) is 6.61 Å². The number of carbonyl (C=O) groups is 2. The predicted molar refractivity (Wildman–Crippen MR) is 71.5 cm³/mol. The highest BCUT2D eigenvalue weighted by atomic mass is 32.1. The molecule has 0 saturated carbocycles. The number of aliphatic hydroxyl groups is 1. The maximum Gasteiger partial charge on any atom is 0.328 e. The Morgan fingerprint density at radius 2 is 2.32 bits per heavy atom. The highest BCUT2D eigenvalue weighted by molar-refractivity contribution is 7.14. The van der Waals surface area contributed by atoms with Crippen molar-refractivity contribution in [3.05, 3.63) is 21.4 Å². The summed E-state index contributed by atoms with van der Waals surface area (Å²) < 4.78 is 0. The number of rotatable bonds is 4. The summed E-state index contributed by atoms with van der Waals surface area (Å²) >= 11 is 1.42. The van der Waals surface area contributed by atoms with E-state index in [9.17, 15) is 9.59 Å². The predicted octanol–water partition coefficient (Wildman–Crippen LogP) is 1.05. The Kier molecular flexibility index (Phi) is 4.21. The molecule has 2 atom stereocenters. The molecule has 0 saturated heterocycles. The topological polar surface area (TPSA) is 86.6 Å². The minimum absolute atomic E-state index is 0.423. The van der Waals surface area contributed by atoms with E-state index in [2.05, 4.69) is 12.2 Å². The van der Waals surface area contributed by atoms with Crippen molar-refractivity contribution < 1.29 is 19.8 Å². The Morgan fingerprint density at radius 1 is 1.58 bits per heavy atom. The number of thiophene rings is 1. The molecule has 1 amide bonds. The number of carboxylic acid groups (broad SMARTS) is 1. The molecule has 0 fully saturated rings. The van der Waals surface area contributed by atoms with Crippen LogP contribution in [-0.4, -0.2) is 34.7 Å². The van der Waals surface area contributed by atoms with E-state index in [0.29, 0.717) is 10.8 Å². The third-order valence-electron chi connectivity index (χ3n) is 3.34. The number of nitrogens with one attached hydrogen (secondary N) is 1. The molecule has 1 heterocycles. The van der Waals surface area contributed by atoms with Crippen molar-refractivity contribution in [1.29, 1.82) is 0 Å². The Hall–Kier alpha value is -1.40. The summed E-state index contributed by atoms with van der Waals surface area (Å²) in [5.74, 6) is -1.03. The number of aliphatic carboxylic acids is 1. The standard InChI is InChI=1S/C13H17NO4S/c1-7-2-3-10-8(4-7)5-11(19-10)12(16)14-9(6-15)13(17)18/h5,7,9,15H,2-4,6H2,1H3,(H,14,16)(H,17,18)/t7?,9-/m1/s1. The molecule has 1 aromatic rings. The molecule has 0 spiro atoms. The van der Waals surface area contributed by atoms with Gasteiger partial charge in [0.2, 0.25) is 0 Å². The van der Waals surface area contributed by atoms with Crippen molar-refractivity contribution >= 4 is 23.2 Å². The van der Waals surface area contributed by atoms with Crippen LogP contribution in [0.15, 0.2) is 6.07 Å². The lowest BCUT2D eigenvalue weighted by molar-refractivity contribution is -0.140. The van der Waals surface area contributed by atoms with Gasteiger partial charge in [-0.25, -0.2) is 4.79 Å². The van der Waals surface area contributed by atoms with Gasteiger partial charge in [-0.1, -0.05) is 6.92 Å². The van der Waals surface area contributed by atoms with E-state index in [0.717, 1.165) is 19.3 Å². The number of aryl methyl sites for hydroxylation is 1. The zero-order chi connectivity index (χ0) is 14.0. The fourth-order valence-electron chi connectivity index (χ4n) is 2.23. The van der Waals surface area contributed by atoms with E-state index in [4.69, 9.17) is 10.2 Å². The number of fused-ring (bicyclic) bond motifs is 1. The van der Waals surface area contributed by atoms with Crippen molar-refractivity contribution in [3.8, 4) is 0 Å². The largest absolute Gasteiger partial charge is 0.480 e. The van der Waals surface area contributed by atoms with Crippen LogP contribution in [0, 0.1) is 5.92 Å². The number of carbonyl (C=O) groups excluding carboxylic acids is 1. The van der Waals surface area contributed by atoms with Crippen LogP contribution < -0.4 is 5.32 Å². The number of amides is 1. The third-order valence-corrected chi connectivity index (χ3v) is 4.57. The first-order valence-electron chi connectivity index (χ1n) is 6.27. The molecular formula is C13H17NO4S. The van der Waals surface area contributed by atoms with E-state index in [-0.39, 0.29) is 0 Å². The number of hydrogen-bond donors (Lipinski definition) is 3. The van der Waals surface area contributed by atoms with Gasteiger partial charge in [0, 0.05) is 4.88 Å². The monoisotopic (exact) mass is 283 g/mol. The fraction of sp³-hybridized carbons (Fsp3) is 0.538. The quantitative estimate of drug-likeness (QED) is 0.771. The third kappa shape index (κ3) is 3.13. The summed E-state index contributed by atoms with van der Waals surface area (Å²) in [6, 6.07) is 0.604. The maximum atomic E-state index is 11.9. The van der Waals surface area contributed by atoms with Gasteiger partial charge >= 0.3 is 5.97 Å². The van der Waals surface area contributed by atoms with Crippen molar-refractivity contribution in [3.63, 3.8) is 0 Å². The zero-order valence-electron chi connectivity index (χ0n) is 10.7. The highest BCUT2D eigenvalue weighted by Crippen LogP contribution is 2.32. The molecule has 104 valence electrons. The summed E-state index contributed by atoms with van der Waals surface area (Å²) in [6.45, 7) is 1.58. The van der Waals surface area contributed by atoms with Gasteiger partial charge in [-0.05, 0) is 36.8 Å². The Balaban J connectivity index is 2.10. The smallest absolute Gasteiger partial charge is 0.328 e. The lowest BCUT2D eigenvalue weighted by Crippen LogP contribution is -2.43. The fourth-order valence-corrected chi connectivity index (χ4v) is 3.34. The first-order chi connectivity index (χ1) is 9.01. The Bertz CT molecular complexity index is 497. The molecule has 0 aliphatic heterocycles. The van der Waals surface area contributed by atoms with Gasteiger partial charge in [0.05, 0.1) is 11.5 Å². The van der Waals surface area contributed by atoms with Crippen LogP contribution in [-0.2, 0) is 17.6 Å². The molecule has 0 aromatic carbocycles. The molecule has 1 aliphatic rings. The second kappa shape index (κ2) is 5.71. The van der Waals surface area contributed by atoms with Gasteiger partial charge in [0.25, 0.3) is 5.91 Å². The van der Waals surface area contributed by atoms with E-state index in [1.807, 2.05) is 6.07 Å². The number of hydrogen-bond acceptors (Lipinski definition) is 4. The van der Waals surface area contributed by atoms with Crippen molar-refractivity contribution in [2.45, 2.75) is 32.2 Å². The molecule has 1 aromatic heterocycles. The molecule has 1 aliphatic carbocycles. The van der Waals surface area contributed by atoms with Crippen molar-refractivity contribution in [2.24, 2.45) is 5.92 Å². The molecule has 0 radical (unpaired) electrons. The van der Waals surface area contributed by atoms with Crippen LogP contribution in [0.5, 0.6) is 0 Å².